The van der Waals surface area contributed by atoms with Crippen LogP contribution >= 0.6 is 0 Å². The Bertz CT molecular complexity index is 886. The summed E-state index contributed by atoms with van der Waals surface area (Å²) in [6.07, 6.45) is -3.64. The summed E-state index contributed by atoms with van der Waals surface area (Å²) in [5.74, 6) is -2.40. The second-order valence-electron chi connectivity index (χ2n) is 7.39. The minimum Gasteiger partial charge on any atom is -0.493 e. The molecule has 31 heavy (non-hydrogen) atoms. The number of aryl methyl sites for hydroxylation is 1. The van der Waals surface area contributed by atoms with Gasteiger partial charge in [0.25, 0.3) is 0 Å². The van der Waals surface area contributed by atoms with Gasteiger partial charge in [-0.05, 0) is 42.7 Å². The van der Waals surface area contributed by atoms with Crippen molar-refractivity contribution in [2.75, 3.05) is 19.8 Å². The summed E-state index contributed by atoms with van der Waals surface area (Å²) in [6, 6.07) is 9.76. The monoisotopic (exact) mass is 442 g/mol. The zero-order chi connectivity index (χ0) is 22.5. The second-order valence-corrected chi connectivity index (χ2v) is 7.39. The van der Waals surface area contributed by atoms with Crippen LogP contribution in [-0.2, 0) is 16.0 Å². The summed E-state index contributed by atoms with van der Waals surface area (Å²) in [4.78, 5) is 12.0. The molecule has 1 saturated heterocycles. The number of ether oxygens (including phenoxy) is 4. The molecule has 0 aromatic heterocycles. The van der Waals surface area contributed by atoms with Gasteiger partial charge in [0.2, 0.25) is 0 Å². The van der Waals surface area contributed by atoms with Gasteiger partial charge in [-0.25, -0.2) is 4.39 Å². The Labute approximate surface area is 176 Å². The standard InChI is InChI=1S/C22H22F4O5/c1-2-21(12-28-13-21)14-29-16-6-3-15(4-7-16)5-10-20(27)30-17-8-9-19(18(23)11-17)31-22(24,25)26/h3-4,6-9,11H,2,5,10,12-14H2,1H3. The summed E-state index contributed by atoms with van der Waals surface area (Å²) < 4.78 is 69.8. The quantitative estimate of drug-likeness (QED) is 0.308. The minimum atomic E-state index is -5.01. The Morgan fingerprint density at radius 3 is 2.32 bits per heavy atom. The van der Waals surface area contributed by atoms with Gasteiger partial charge in [0.1, 0.15) is 11.5 Å². The average Bonchev–Trinajstić information content (AvgIpc) is 2.68. The van der Waals surface area contributed by atoms with E-state index >= 15 is 0 Å². The van der Waals surface area contributed by atoms with Crippen molar-refractivity contribution in [1.82, 2.24) is 0 Å². The van der Waals surface area contributed by atoms with Gasteiger partial charge < -0.3 is 18.9 Å². The lowest BCUT2D eigenvalue weighted by molar-refractivity contribution is -0.275. The Morgan fingerprint density at radius 1 is 1.10 bits per heavy atom. The van der Waals surface area contributed by atoms with Crippen LogP contribution in [0.5, 0.6) is 17.2 Å². The molecule has 0 spiro atoms. The molecule has 2 aromatic carbocycles. The Balaban J connectivity index is 1.45. The van der Waals surface area contributed by atoms with Crippen molar-refractivity contribution in [2.24, 2.45) is 5.41 Å². The Kier molecular flexibility index (Phi) is 7.04. The Hall–Kier alpha value is -2.81. The molecule has 1 fully saturated rings. The number of rotatable bonds is 9. The summed E-state index contributed by atoms with van der Waals surface area (Å²) in [5.41, 5.74) is 0.959. The highest BCUT2D eigenvalue weighted by molar-refractivity contribution is 5.72. The van der Waals surface area contributed by atoms with E-state index in [1.54, 1.807) is 0 Å². The normalized spacial score (nSPS) is 15.1. The number of hydrogen-bond acceptors (Lipinski definition) is 5. The lowest BCUT2D eigenvalue weighted by atomic mass is 9.84. The number of carbonyl (C=O) groups is 1. The van der Waals surface area contributed by atoms with Gasteiger partial charge in [0.15, 0.2) is 11.6 Å². The molecule has 168 valence electrons. The summed E-state index contributed by atoms with van der Waals surface area (Å²) in [5, 5.41) is 0. The summed E-state index contributed by atoms with van der Waals surface area (Å²) in [6.45, 7) is 4.09. The topological polar surface area (TPSA) is 54.0 Å². The predicted octanol–water partition coefficient (Wildman–Crippen LogP) is 5.07. The molecule has 0 radical (unpaired) electrons. The van der Waals surface area contributed by atoms with Crippen LogP contribution in [0.15, 0.2) is 42.5 Å². The highest BCUT2D eigenvalue weighted by Gasteiger charge is 2.37. The molecule has 0 amide bonds. The maximum atomic E-state index is 13.7. The van der Waals surface area contributed by atoms with Crippen LogP contribution in [0.3, 0.4) is 0 Å². The molecule has 1 aliphatic rings. The third-order valence-electron chi connectivity index (χ3n) is 5.01. The fraction of sp³-hybridized carbons (Fsp3) is 0.409. The number of halogens is 4. The van der Waals surface area contributed by atoms with Crippen molar-refractivity contribution in [1.29, 1.82) is 0 Å². The van der Waals surface area contributed by atoms with Crippen LogP contribution in [0.4, 0.5) is 17.6 Å². The summed E-state index contributed by atoms with van der Waals surface area (Å²) in [7, 11) is 0. The largest absolute Gasteiger partial charge is 0.573 e. The first-order valence-corrected chi connectivity index (χ1v) is 9.73. The molecule has 2 aromatic rings. The zero-order valence-corrected chi connectivity index (χ0v) is 16.8. The van der Waals surface area contributed by atoms with Crippen LogP contribution < -0.4 is 14.2 Å². The predicted molar refractivity (Wildman–Crippen MR) is 103 cm³/mol. The van der Waals surface area contributed by atoms with E-state index in [1.807, 2.05) is 24.3 Å². The lowest BCUT2D eigenvalue weighted by Gasteiger charge is -2.40. The van der Waals surface area contributed by atoms with Gasteiger partial charge in [-0.1, -0.05) is 19.1 Å². The molecular weight excluding hydrogens is 420 g/mol. The van der Waals surface area contributed by atoms with E-state index in [9.17, 15) is 22.4 Å². The van der Waals surface area contributed by atoms with Crippen molar-refractivity contribution in [3.8, 4) is 17.2 Å². The third kappa shape index (κ3) is 6.58. The molecule has 1 heterocycles. The fourth-order valence-electron chi connectivity index (χ4n) is 2.95. The fourth-order valence-corrected chi connectivity index (χ4v) is 2.95. The number of alkyl halides is 3. The van der Waals surface area contributed by atoms with Gasteiger partial charge in [-0.3, -0.25) is 4.79 Å². The molecular formula is C22H22F4O5. The number of hydrogen-bond donors (Lipinski definition) is 0. The van der Waals surface area contributed by atoms with Gasteiger partial charge in [0.05, 0.1) is 25.2 Å². The molecule has 0 N–H and O–H groups in total. The van der Waals surface area contributed by atoms with Crippen molar-refractivity contribution in [3.63, 3.8) is 0 Å². The highest BCUT2D eigenvalue weighted by Crippen LogP contribution is 2.32. The first kappa shape index (κ1) is 22.9. The van der Waals surface area contributed by atoms with E-state index in [-0.39, 0.29) is 17.6 Å². The smallest absolute Gasteiger partial charge is 0.493 e. The van der Waals surface area contributed by atoms with Crippen molar-refractivity contribution in [3.05, 3.63) is 53.8 Å². The molecule has 5 nitrogen and oxygen atoms in total. The molecule has 3 rings (SSSR count). The Morgan fingerprint density at radius 2 is 1.77 bits per heavy atom. The van der Waals surface area contributed by atoms with Crippen LogP contribution in [0.2, 0.25) is 0 Å². The summed E-state index contributed by atoms with van der Waals surface area (Å²) >= 11 is 0. The minimum absolute atomic E-state index is 0.0128. The average molecular weight is 442 g/mol. The lowest BCUT2D eigenvalue weighted by Crippen LogP contribution is -2.46. The van der Waals surface area contributed by atoms with E-state index in [4.69, 9.17) is 14.2 Å². The molecule has 0 saturated carbocycles. The number of carbonyl (C=O) groups excluding carboxylic acids is 1. The molecule has 0 unspecified atom stereocenters. The van der Waals surface area contributed by atoms with Gasteiger partial charge >= 0.3 is 12.3 Å². The second kappa shape index (κ2) is 9.55. The first-order valence-electron chi connectivity index (χ1n) is 9.73. The van der Waals surface area contributed by atoms with Crippen LogP contribution in [0, 0.1) is 11.2 Å². The number of esters is 1. The maximum Gasteiger partial charge on any atom is 0.573 e. The molecule has 0 atom stereocenters. The third-order valence-corrected chi connectivity index (χ3v) is 5.01. The van der Waals surface area contributed by atoms with Crippen LogP contribution in [0.25, 0.3) is 0 Å². The SMILES string of the molecule is CCC1(COc2ccc(CCC(=O)Oc3ccc(OC(F)(F)F)c(F)c3)cc2)COC1. The van der Waals surface area contributed by atoms with E-state index in [0.29, 0.717) is 32.3 Å². The molecule has 0 bridgehead atoms. The highest BCUT2D eigenvalue weighted by atomic mass is 19.4. The van der Waals surface area contributed by atoms with Crippen molar-refractivity contribution in [2.45, 2.75) is 32.5 Å². The van der Waals surface area contributed by atoms with E-state index in [0.717, 1.165) is 29.9 Å². The van der Waals surface area contributed by atoms with Crippen molar-refractivity contribution >= 4 is 5.97 Å². The molecule has 1 aliphatic heterocycles. The zero-order valence-electron chi connectivity index (χ0n) is 16.8. The van der Waals surface area contributed by atoms with Crippen LogP contribution in [-0.4, -0.2) is 32.2 Å². The molecule has 0 aliphatic carbocycles. The molecule has 9 heteroatoms. The van der Waals surface area contributed by atoms with Crippen molar-refractivity contribution < 1.29 is 41.3 Å². The van der Waals surface area contributed by atoms with Gasteiger partial charge in [-0.15, -0.1) is 13.2 Å². The van der Waals surface area contributed by atoms with E-state index < -0.39 is 23.9 Å². The van der Waals surface area contributed by atoms with E-state index in [2.05, 4.69) is 11.7 Å². The van der Waals surface area contributed by atoms with E-state index in [1.165, 1.54) is 0 Å². The van der Waals surface area contributed by atoms with Crippen LogP contribution in [0.1, 0.15) is 25.3 Å². The maximum absolute atomic E-state index is 13.7. The first-order chi connectivity index (χ1) is 14.7. The number of benzene rings is 2. The van der Waals surface area contributed by atoms with Gasteiger partial charge in [0, 0.05) is 12.5 Å². The van der Waals surface area contributed by atoms with Gasteiger partial charge in [-0.2, -0.15) is 0 Å².